The number of aromatic nitrogens is 6. The third-order valence-electron chi connectivity index (χ3n) is 5.91. The van der Waals surface area contributed by atoms with Crippen molar-refractivity contribution in [3.8, 4) is 5.95 Å². The van der Waals surface area contributed by atoms with Crippen molar-refractivity contribution in [3.63, 3.8) is 0 Å². The number of ether oxygens (including phenoxy) is 2. The molecule has 206 valence electrons. The zero-order valence-corrected chi connectivity index (χ0v) is 21.0. The molecule has 17 heteroatoms. The first-order chi connectivity index (χ1) is 18.6. The number of aliphatic hydroxyl groups is 3. The van der Waals surface area contributed by atoms with Crippen LogP contribution in [0.1, 0.15) is 23.5 Å². The van der Waals surface area contributed by atoms with Crippen molar-refractivity contribution in [2.45, 2.75) is 36.4 Å². The summed E-state index contributed by atoms with van der Waals surface area (Å²) < 4.78 is 45.2. The number of benzene rings is 1. The lowest BCUT2D eigenvalue weighted by atomic mass is 10.1. The summed E-state index contributed by atoms with van der Waals surface area (Å²) >= 11 is 0. The summed E-state index contributed by atoms with van der Waals surface area (Å²) in [6, 6.07) is 5.17. The molecular formula is C22H23N7O9S. The number of fused-ring (bicyclic) bond motifs is 1. The van der Waals surface area contributed by atoms with Gasteiger partial charge in [-0.3, -0.25) is 9.12 Å². The zero-order valence-electron chi connectivity index (χ0n) is 20.2. The highest BCUT2D eigenvalue weighted by molar-refractivity contribution is 7.85. The fourth-order valence-electron chi connectivity index (χ4n) is 3.99. The summed E-state index contributed by atoms with van der Waals surface area (Å²) in [6.45, 7) is 1.30. The smallest absolute Gasteiger partial charge is 0.341 e. The van der Waals surface area contributed by atoms with Crippen molar-refractivity contribution >= 4 is 38.8 Å². The van der Waals surface area contributed by atoms with Gasteiger partial charge in [0.15, 0.2) is 23.2 Å². The van der Waals surface area contributed by atoms with Gasteiger partial charge in [0.05, 0.1) is 36.2 Å². The van der Waals surface area contributed by atoms with E-state index >= 15 is 0 Å². The van der Waals surface area contributed by atoms with Crippen LogP contribution in [0.15, 0.2) is 47.9 Å². The molecule has 3 aromatic heterocycles. The second-order valence-corrected chi connectivity index (χ2v) is 9.87. The van der Waals surface area contributed by atoms with Gasteiger partial charge in [-0.2, -0.15) is 23.5 Å². The molecule has 4 atom stereocenters. The third-order valence-corrected chi connectivity index (χ3v) is 6.78. The number of carbonyl (C=O) groups excluding carboxylic acids is 1. The predicted molar refractivity (Wildman–Crippen MR) is 131 cm³/mol. The maximum atomic E-state index is 12.1. The highest BCUT2D eigenvalue weighted by Gasteiger charge is 2.44. The van der Waals surface area contributed by atoms with Crippen molar-refractivity contribution in [2.24, 2.45) is 0 Å². The van der Waals surface area contributed by atoms with E-state index in [1.165, 1.54) is 52.2 Å². The Labute approximate surface area is 220 Å². The highest BCUT2D eigenvalue weighted by atomic mass is 32.2. The Morgan fingerprint density at radius 2 is 1.92 bits per heavy atom. The molecule has 5 N–H and O–H groups in total. The number of anilines is 2. The van der Waals surface area contributed by atoms with Gasteiger partial charge in [0.1, 0.15) is 18.3 Å². The average Bonchev–Trinajstić information content (AvgIpc) is 3.62. The van der Waals surface area contributed by atoms with Gasteiger partial charge < -0.3 is 30.1 Å². The Balaban J connectivity index is 1.60. The number of rotatable bonds is 8. The monoisotopic (exact) mass is 561 g/mol. The molecule has 5 rings (SSSR count). The molecule has 0 unspecified atom stereocenters. The minimum Gasteiger partial charge on any atom is -0.462 e. The van der Waals surface area contributed by atoms with Crippen LogP contribution in [-0.2, 0) is 19.6 Å². The lowest BCUT2D eigenvalue weighted by Gasteiger charge is -2.17. The summed E-state index contributed by atoms with van der Waals surface area (Å²) in [6.07, 6.45) is -1.03. The van der Waals surface area contributed by atoms with E-state index in [-0.39, 0.29) is 40.0 Å². The van der Waals surface area contributed by atoms with Crippen LogP contribution in [0.2, 0.25) is 0 Å². The van der Waals surface area contributed by atoms with Gasteiger partial charge >= 0.3 is 5.97 Å². The number of carbonyl (C=O) groups is 1. The summed E-state index contributed by atoms with van der Waals surface area (Å²) in [5, 5.41) is 37.4. The van der Waals surface area contributed by atoms with Crippen LogP contribution in [0.25, 0.3) is 17.1 Å². The predicted octanol–water partition coefficient (Wildman–Crippen LogP) is -0.210. The van der Waals surface area contributed by atoms with Gasteiger partial charge in [-0.15, -0.1) is 0 Å². The Morgan fingerprint density at radius 3 is 2.56 bits per heavy atom. The minimum absolute atomic E-state index is 0.0244. The number of imidazole rings is 1. The maximum Gasteiger partial charge on any atom is 0.341 e. The Bertz CT molecular complexity index is 1620. The molecule has 1 aromatic carbocycles. The quantitative estimate of drug-likeness (QED) is 0.139. The minimum atomic E-state index is -4.40. The number of hydrogen-bond acceptors (Lipinski definition) is 13. The van der Waals surface area contributed by atoms with Crippen molar-refractivity contribution in [3.05, 3.63) is 48.5 Å². The molecule has 0 radical (unpaired) electrons. The zero-order chi connectivity index (χ0) is 27.9. The van der Waals surface area contributed by atoms with E-state index in [2.05, 4.69) is 25.4 Å². The maximum absolute atomic E-state index is 12.1. The standard InChI is InChI=1S/C22H23N7O9S/c1-2-37-21(33)11-7-24-29(8-11)22-26-18(25-12-3-5-13(6-4-12)39(34,35)36)15-19(27-22)28(10-23-15)20-17(32)16(31)14(9-30)38-20/h3-8,10,14,16-17,20,30-32H,2,9H2,1H3,(H,25,26,27)(H,34,35,36)/t14-,16-,17-,20-/m1/s1. The van der Waals surface area contributed by atoms with E-state index in [9.17, 15) is 33.1 Å². The Kier molecular flexibility index (Phi) is 7.02. The number of aliphatic hydroxyl groups excluding tert-OH is 3. The highest BCUT2D eigenvalue weighted by Crippen LogP contribution is 2.33. The van der Waals surface area contributed by atoms with Crippen LogP contribution in [-0.4, -0.2) is 95.1 Å². The third kappa shape index (κ3) is 5.05. The summed E-state index contributed by atoms with van der Waals surface area (Å²) in [5.74, 6) is -0.490. The van der Waals surface area contributed by atoms with Crippen LogP contribution in [0.5, 0.6) is 0 Å². The molecule has 16 nitrogen and oxygen atoms in total. The molecule has 4 aromatic rings. The SMILES string of the molecule is CCOC(=O)c1cnn(-c2nc(Nc3ccc(S(=O)(=O)O)cc3)c3ncn([C@@H]4O[C@H](CO)[C@@H](O)[C@H]4O)c3n2)c1. The van der Waals surface area contributed by atoms with E-state index in [4.69, 9.17) is 9.47 Å². The fraction of sp³-hybridized carbons (Fsp3) is 0.318. The second kappa shape index (κ2) is 10.3. The van der Waals surface area contributed by atoms with Gasteiger partial charge in [0.25, 0.3) is 16.1 Å². The molecule has 1 aliphatic rings. The van der Waals surface area contributed by atoms with E-state index in [0.29, 0.717) is 5.69 Å². The molecule has 39 heavy (non-hydrogen) atoms. The molecule has 4 heterocycles. The normalized spacial score (nSPS) is 21.4. The molecule has 0 amide bonds. The lowest BCUT2D eigenvalue weighted by molar-refractivity contribution is -0.0511. The average molecular weight is 562 g/mol. The molecule has 0 spiro atoms. The van der Waals surface area contributed by atoms with Crippen LogP contribution in [0, 0.1) is 0 Å². The molecule has 0 bridgehead atoms. The van der Waals surface area contributed by atoms with Crippen molar-refractivity contribution in [2.75, 3.05) is 18.5 Å². The summed E-state index contributed by atoms with van der Waals surface area (Å²) in [4.78, 5) is 25.1. The summed E-state index contributed by atoms with van der Waals surface area (Å²) in [5.41, 5.74) is 0.865. The molecule has 0 aliphatic carbocycles. The molecular weight excluding hydrogens is 538 g/mol. The van der Waals surface area contributed by atoms with Crippen molar-refractivity contribution in [1.29, 1.82) is 0 Å². The van der Waals surface area contributed by atoms with E-state index in [0.717, 1.165) is 0 Å². The van der Waals surface area contributed by atoms with Gasteiger partial charge in [0, 0.05) is 11.9 Å². The Hall–Kier alpha value is -4.00. The molecule has 1 saturated heterocycles. The fourth-order valence-corrected chi connectivity index (χ4v) is 4.47. The molecule has 1 fully saturated rings. The van der Waals surface area contributed by atoms with Crippen LogP contribution in [0.4, 0.5) is 11.5 Å². The topological polar surface area (TPSA) is 224 Å². The first-order valence-electron chi connectivity index (χ1n) is 11.5. The van der Waals surface area contributed by atoms with Crippen molar-refractivity contribution < 1.29 is 42.6 Å². The number of hydrogen-bond donors (Lipinski definition) is 5. The van der Waals surface area contributed by atoms with E-state index in [1.807, 2.05) is 0 Å². The van der Waals surface area contributed by atoms with Gasteiger partial charge in [-0.25, -0.2) is 14.5 Å². The van der Waals surface area contributed by atoms with Gasteiger partial charge in [-0.05, 0) is 31.2 Å². The van der Waals surface area contributed by atoms with Gasteiger partial charge in [-0.1, -0.05) is 0 Å². The van der Waals surface area contributed by atoms with Crippen molar-refractivity contribution in [1.82, 2.24) is 29.3 Å². The first-order valence-corrected chi connectivity index (χ1v) is 13.0. The van der Waals surface area contributed by atoms with E-state index < -0.39 is 47.2 Å². The van der Waals surface area contributed by atoms with Gasteiger partial charge in [0.2, 0.25) is 0 Å². The Morgan fingerprint density at radius 1 is 1.18 bits per heavy atom. The second-order valence-electron chi connectivity index (χ2n) is 8.44. The van der Waals surface area contributed by atoms with Crippen LogP contribution < -0.4 is 5.32 Å². The molecule has 0 saturated carbocycles. The van der Waals surface area contributed by atoms with Crippen LogP contribution >= 0.6 is 0 Å². The lowest BCUT2D eigenvalue weighted by Crippen LogP contribution is -2.33. The number of nitrogens with zero attached hydrogens (tertiary/aromatic N) is 6. The largest absolute Gasteiger partial charge is 0.462 e. The number of esters is 1. The van der Waals surface area contributed by atoms with Crippen LogP contribution in [0.3, 0.4) is 0 Å². The van der Waals surface area contributed by atoms with E-state index in [1.54, 1.807) is 6.92 Å². The molecule has 1 aliphatic heterocycles. The first kappa shape index (κ1) is 26.6. The summed E-state index contributed by atoms with van der Waals surface area (Å²) in [7, 11) is -4.40. The number of nitrogens with one attached hydrogen (secondary N) is 1.